The largest absolute Gasteiger partial charge is 0.489 e. The molecule has 3 aromatic rings. The number of hydrogen-bond acceptors (Lipinski definition) is 4. The molecule has 0 aliphatic carbocycles. The van der Waals surface area contributed by atoms with Crippen molar-refractivity contribution in [2.75, 3.05) is 11.9 Å². The lowest BCUT2D eigenvalue weighted by Gasteiger charge is -2.09. The first kappa shape index (κ1) is 18.6. The van der Waals surface area contributed by atoms with Crippen LogP contribution in [0, 0.1) is 0 Å². The molecule has 0 aliphatic heterocycles. The highest BCUT2D eigenvalue weighted by atomic mass is 16.5. The number of amides is 1. The molecule has 3 rings (SSSR count). The van der Waals surface area contributed by atoms with E-state index in [2.05, 4.69) is 15.6 Å². The quantitative estimate of drug-likeness (QED) is 0.570. The van der Waals surface area contributed by atoms with Crippen LogP contribution in [0.3, 0.4) is 0 Å². The molecule has 0 aliphatic rings. The Morgan fingerprint density at radius 2 is 1.63 bits per heavy atom. The van der Waals surface area contributed by atoms with Gasteiger partial charge in [0.15, 0.2) is 0 Å². The Bertz CT molecular complexity index is 821. The monoisotopic (exact) mass is 361 g/mol. The molecule has 27 heavy (non-hydrogen) atoms. The average molecular weight is 361 g/mol. The number of anilines is 1. The maximum Gasteiger partial charge on any atom is 0.225 e. The average Bonchev–Trinajstić information content (AvgIpc) is 2.72. The fourth-order valence-corrected chi connectivity index (χ4v) is 2.53. The van der Waals surface area contributed by atoms with E-state index in [0.29, 0.717) is 19.6 Å². The zero-order chi connectivity index (χ0) is 18.7. The Morgan fingerprint density at radius 3 is 2.37 bits per heavy atom. The van der Waals surface area contributed by atoms with E-state index in [1.807, 2.05) is 66.7 Å². The number of ether oxygens (including phenoxy) is 1. The van der Waals surface area contributed by atoms with Gasteiger partial charge in [0.1, 0.15) is 12.4 Å². The van der Waals surface area contributed by atoms with Crippen molar-refractivity contribution in [2.24, 2.45) is 0 Å². The molecule has 0 unspecified atom stereocenters. The molecule has 0 bridgehead atoms. The van der Waals surface area contributed by atoms with Crippen molar-refractivity contribution in [2.45, 2.75) is 19.6 Å². The van der Waals surface area contributed by atoms with Gasteiger partial charge in [-0.25, -0.2) is 0 Å². The molecule has 0 spiro atoms. The van der Waals surface area contributed by atoms with Gasteiger partial charge in [0, 0.05) is 37.6 Å². The topological polar surface area (TPSA) is 63.2 Å². The van der Waals surface area contributed by atoms with Crippen LogP contribution in [-0.2, 0) is 17.9 Å². The Labute approximate surface area is 159 Å². The standard InChI is InChI=1S/C22H23N3O2/c26-22(12-15-24-16-18-10-13-23-14-11-18)25-20-6-8-21(9-7-20)27-17-19-4-2-1-3-5-19/h1-11,13-14,24H,12,15-17H2,(H,25,26). The van der Waals surface area contributed by atoms with Gasteiger partial charge in [-0.2, -0.15) is 0 Å². The number of pyridine rings is 1. The maximum absolute atomic E-state index is 12.0. The van der Waals surface area contributed by atoms with Crippen molar-refractivity contribution in [1.82, 2.24) is 10.3 Å². The second kappa shape index (κ2) is 10.1. The number of nitrogens with one attached hydrogen (secondary N) is 2. The van der Waals surface area contributed by atoms with Crippen LogP contribution in [0.4, 0.5) is 5.69 Å². The molecule has 0 atom stereocenters. The van der Waals surface area contributed by atoms with Gasteiger partial charge in [0.05, 0.1) is 0 Å². The lowest BCUT2D eigenvalue weighted by molar-refractivity contribution is -0.116. The Morgan fingerprint density at radius 1 is 0.889 bits per heavy atom. The number of nitrogens with zero attached hydrogens (tertiary/aromatic N) is 1. The fraction of sp³-hybridized carbons (Fsp3) is 0.182. The predicted octanol–water partition coefficient (Wildman–Crippen LogP) is 3.78. The van der Waals surface area contributed by atoms with E-state index in [0.717, 1.165) is 29.1 Å². The highest BCUT2D eigenvalue weighted by Gasteiger charge is 2.03. The van der Waals surface area contributed by atoms with Crippen LogP contribution in [0.15, 0.2) is 79.1 Å². The molecular formula is C22H23N3O2. The van der Waals surface area contributed by atoms with E-state index in [-0.39, 0.29) is 5.91 Å². The summed E-state index contributed by atoms with van der Waals surface area (Å²) in [5.74, 6) is 0.756. The van der Waals surface area contributed by atoms with Gasteiger partial charge in [0.2, 0.25) is 5.91 Å². The third-order valence-electron chi connectivity index (χ3n) is 3.99. The van der Waals surface area contributed by atoms with Gasteiger partial charge in [-0.05, 0) is 47.5 Å². The molecule has 5 nitrogen and oxygen atoms in total. The van der Waals surface area contributed by atoms with Gasteiger partial charge in [-0.1, -0.05) is 30.3 Å². The lowest BCUT2D eigenvalue weighted by Crippen LogP contribution is -2.21. The van der Waals surface area contributed by atoms with Crippen LogP contribution in [0.25, 0.3) is 0 Å². The summed E-state index contributed by atoms with van der Waals surface area (Å²) in [6, 6.07) is 21.3. The second-order valence-electron chi connectivity index (χ2n) is 6.13. The number of carbonyl (C=O) groups excluding carboxylic acids is 1. The van der Waals surface area contributed by atoms with Crippen molar-refractivity contribution in [3.63, 3.8) is 0 Å². The summed E-state index contributed by atoms with van der Waals surface area (Å²) in [5.41, 5.74) is 3.03. The molecule has 1 amide bonds. The van der Waals surface area contributed by atoms with Gasteiger partial charge >= 0.3 is 0 Å². The minimum absolute atomic E-state index is 0.0183. The molecule has 0 radical (unpaired) electrons. The molecule has 2 N–H and O–H groups in total. The van der Waals surface area contributed by atoms with Gasteiger partial charge in [-0.3, -0.25) is 9.78 Å². The third-order valence-corrected chi connectivity index (χ3v) is 3.99. The van der Waals surface area contributed by atoms with Crippen molar-refractivity contribution >= 4 is 11.6 Å². The Kier molecular flexibility index (Phi) is 6.95. The number of hydrogen-bond donors (Lipinski definition) is 2. The normalized spacial score (nSPS) is 10.4. The zero-order valence-electron chi connectivity index (χ0n) is 15.1. The summed E-state index contributed by atoms with van der Waals surface area (Å²) in [7, 11) is 0. The van der Waals surface area contributed by atoms with E-state index in [1.165, 1.54) is 0 Å². The Hall–Kier alpha value is -3.18. The summed E-state index contributed by atoms with van der Waals surface area (Å²) in [5, 5.41) is 6.15. The summed E-state index contributed by atoms with van der Waals surface area (Å²) in [6.45, 7) is 1.87. The van der Waals surface area contributed by atoms with E-state index in [9.17, 15) is 4.79 Å². The third kappa shape index (κ3) is 6.56. The minimum Gasteiger partial charge on any atom is -0.489 e. The molecule has 2 aromatic carbocycles. The molecule has 1 heterocycles. The van der Waals surface area contributed by atoms with E-state index >= 15 is 0 Å². The summed E-state index contributed by atoms with van der Waals surface area (Å²) in [4.78, 5) is 16.0. The van der Waals surface area contributed by atoms with Gasteiger partial charge in [-0.15, -0.1) is 0 Å². The Balaban J connectivity index is 1.36. The molecule has 5 heteroatoms. The van der Waals surface area contributed by atoms with Crippen LogP contribution >= 0.6 is 0 Å². The van der Waals surface area contributed by atoms with E-state index < -0.39 is 0 Å². The SMILES string of the molecule is O=C(CCNCc1ccncc1)Nc1ccc(OCc2ccccc2)cc1. The van der Waals surface area contributed by atoms with Gasteiger partial charge < -0.3 is 15.4 Å². The molecule has 1 aromatic heterocycles. The highest BCUT2D eigenvalue weighted by molar-refractivity contribution is 5.90. The number of aromatic nitrogens is 1. The summed E-state index contributed by atoms with van der Waals surface area (Å²) in [6.07, 6.45) is 3.94. The first-order valence-corrected chi connectivity index (χ1v) is 8.96. The summed E-state index contributed by atoms with van der Waals surface area (Å²) < 4.78 is 5.75. The minimum atomic E-state index is -0.0183. The smallest absolute Gasteiger partial charge is 0.225 e. The first-order chi connectivity index (χ1) is 13.3. The number of rotatable bonds is 9. The fourth-order valence-electron chi connectivity index (χ4n) is 2.53. The van der Waals surface area contributed by atoms with Gasteiger partial charge in [0.25, 0.3) is 0 Å². The number of benzene rings is 2. The van der Waals surface area contributed by atoms with Crippen molar-refractivity contribution in [1.29, 1.82) is 0 Å². The van der Waals surface area contributed by atoms with E-state index in [1.54, 1.807) is 12.4 Å². The van der Waals surface area contributed by atoms with Crippen molar-refractivity contribution < 1.29 is 9.53 Å². The first-order valence-electron chi connectivity index (χ1n) is 8.96. The summed E-state index contributed by atoms with van der Waals surface area (Å²) >= 11 is 0. The second-order valence-corrected chi connectivity index (χ2v) is 6.13. The molecular weight excluding hydrogens is 338 g/mol. The maximum atomic E-state index is 12.0. The van der Waals surface area contributed by atoms with Crippen LogP contribution in [0.5, 0.6) is 5.75 Å². The van der Waals surface area contributed by atoms with E-state index in [4.69, 9.17) is 4.74 Å². The predicted molar refractivity (Wildman–Crippen MR) is 106 cm³/mol. The number of carbonyl (C=O) groups is 1. The molecule has 0 saturated carbocycles. The van der Waals surface area contributed by atoms with Crippen LogP contribution in [0.2, 0.25) is 0 Å². The van der Waals surface area contributed by atoms with Crippen LogP contribution < -0.4 is 15.4 Å². The zero-order valence-corrected chi connectivity index (χ0v) is 15.1. The van der Waals surface area contributed by atoms with Crippen molar-refractivity contribution in [3.8, 4) is 5.75 Å². The molecule has 0 fully saturated rings. The van der Waals surface area contributed by atoms with Crippen LogP contribution in [0.1, 0.15) is 17.5 Å². The van der Waals surface area contributed by atoms with Crippen LogP contribution in [-0.4, -0.2) is 17.4 Å². The highest BCUT2D eigenvalue weighted by Crippen LogP contribution is 2.17. The van der Waals surface area contributed by atoms with Crippen molar-refractivity contribution in [3.05, 3.63) is 90.3 Å². The molecule has 138 valence electrons. The molecule has 0 saturated heterocycles. The lowest BCUT2D eigenvalue weighted by atomic mass is 10.2.